The number of rotatable bonds is 2. The predicted molar refractivity (Wildman–Crippen MR) is 117 cm³/mol. The fraction of sp³-hybridized carbons (Fsp3) is 0.0833. The number of thioether (sulfide) groups is 1. The Labute approximate surface area is 172 Å². The average Bonchev–Trinajstić information content (AvgIpc) is 2.78. The Balaban J connectivity index is 1.81. The molecule has 5 rings (SSSR count). The van der Waals surface area contributed by atoms with E-state index in [9.17, 15) is 9.59 Å². The minimum Gasteiger partial charge on any atom is -0.310 e. The number of aryl methyl sites for hydroxylation is 1. The Hall–Kier alpha value is -3.31. The normalized spacial score (nSPS) is 16.1. The van der Waals surface area contributed by atoms with E-state index < -0.39 is 0 Å². The molecule has 1 aliphatic heterocycles. The van der Waals surface area contributed by atoms with Crippen LogP contribution < -0.4 is 10.5 Å². The Morgan fingerprint density at radius 3 is 2.14 bits per heavy atom. The third-order valence-electron chi connectivity index (χ3n) is 5.28. The zero-order chi connectivity index (χ0) is 20.0. The van der Waals surface area contributed by atoms with Crippen LogP contribution in [-0.4, -0.2) is 10.5 Å². The zero-order valence-corrected chi connectivity index (χ0v) is 16.6. The van der Waals surface area contributed by atoms with Crippen molar-refractivity contribution in [3.8, 4) is 0 Å². The quantitative estimate of drug-likeness (QED) is 0.478. The number of benzene rings is 3. The van der Waals surface area contributed by atoms with Gasteiger partial charge in [0, 0.05) is 18.1 Å². The van der Waals surface area contributed by atoms with Crippen molar-refractivity contribution in [3.05, 3.63) is 106 Å². The van der Waals surface area contributed by atoms with E-state index in [2.05, 4.69) is 0 Å². The largest absolute Gasteiger partial charge is 0.310 e. The fourth-order valence-corrected chi connectivity index (χ4v) is 5.25. The van der Waals surface area contributed by atoms with Crippen LogP contribution in [0, 0.1) is 0 Å². The fourth-order valence-electron chi connectivity index (χ4n) is 3.86. The third kappa shape index (κ3) is 2.77. The second kappa shape index (κ2) is 6.94. The number of hydrogen-bond donors (Lipinski definition) is 0. The molecule has 1 atom stereocenters. The first-order valence-corrected chi connectivity index (χ1v) is 10.3. The van der Waals surface area contributed by atoms with E-state index in [1.807, 2.05) is 84.9 Å². The number of carbonyl (C=O) groups is 1. The van der Waals surface area contributed by atoms with Gasteiger partial charge in [-0.25, -0.2) is 0 Å². The topological polar surface area (TPSA) is 42.3 Å². The molecule has 0 saturated carbocycles. The van der Waals surface area contributed by atoms with Crippen LogP contribution in [0.3, 0.4) is 0 Å². The van der Waals surface area contributed by atoms with Gasteiger partial charge in [0.2, 0.25) is 0 Å². The number of carbonyl (C=O) groups excluding carboxylic acids is 1. The van der Waals surface area contributed by atoms with Crippen LogP contribution in [0.5, 0.6) is 0 Å². The van der Waals surface area contributed by atoms with Crippen molar-refractivity contribution in [1.29, 1.82) is 0 Å². The molecule has 0 N–H and O–H groups in total. The number of fused-ring (bicyclic) bond motifs is 3. The summed E-state index contributed by atoms with van der Waals surface area (Å²) < 4.78 is 1.63. The molecule has 0 bridgehead atoms. The predicted octanol–water partition coefficient (Wildman–Crippen LogP) is 4.99. The van der Waals surface area contributed by atoms with Gasteiger partial charge in [0.05, 0.1) is 16.0 Å². The van der Waals surface area contributed by atoms with Crippen LogP contribution in [0.4, 0.5) is 5.69 Å². The molecule has 1 unspecified atom stereocenters. The lowest BCUT2D eigenvalue weighted by Crippen LogP contribution is -2.40. The summed E-state index contributed by atoms with van der Waals surface area (Å²) in [6.07, 6.45) is 0. The van der Waals surface area contributed by atoms with Gasteiger partial charge in [0.15, 0.2) is 0 Å². The lowest BCUT2D eigenvalue weighted by molar-refractivity contribution is 0.0980. The van der Waals surface area contributed by atoms with Gasteiger partial charge in [-0.3, -0.25) is 14.5 Å². The molecule has 0 aliphatic carbocycles. The summed E-state index contributed by atoms with van der Waals surface area (Å²) >= 11 is 1.44. The van der Waals surface area contributed by atoms with E-state index in [1.54, 1.807) is 16.5 Å². The number of aromatic nitrogens is 1. The van der Waals surface area contributed by atoms with Crippen LogP contribution in [0.1, 0.15) is 21.3 Å². The van der Waals surface area contributed by atoms with Gasteiger partial charge in [0.1, 0.15) is 5.37 Å². The molecule has 1 aromatic heterocycles. The van der Waals surface area contributed by atoms with E-state index in [1.165, 1.54) is 11.8 Å². The molecule has 0 radical (unpaired) electrons. The standard InChI is InChI=1S/C24H18N2O2S/c1-25-19-15-9-8-14-18(19)20-21(23(25)28)29-24(16-10-4-2-5-11-16)26(22(20)27)17-12-6-3-7-13-17/h2-15,24H,1H3. The minimum atomic E-state index is -0.313. The first-order chi connectivity index (χ1) is 14.2. The molecule has 3 aromatic carbocycles. The molecule has 142 valence electrons. The van der Waals surface area contributed by atoms with Crippen LogP contribution in [0.2, 0.25) is 0 Å². The number of hydrogen-bond acceptors (Lipinski definition) is 3. The molecule has 4 aromatic rings. The molecule has 0 fully saturated rings. The van der Waals surface area contributed by atoms with Crippen LogP contribution in [0.15, 0.2) is 94.6 Å². The summed E-state index contributed by atoms with van der Waals surface area (Å²) in [5, 5.41) is 0.488. The zero-order valence-electron chi connectivity index (χ0n) is 15.8. The number of pyridine rings is 1. The number of nitrogens with zero attached hydrogens (tertiary/aromatic N) is 2. The molecule has 4 nitrogen and oxygen atoms in total. The smallest absolute Gasteiger partial charge is 0.265 e. The van der Waals surface area contributed by atoms with Gasteiger partial charge in [-0.1, -0.05) is 78.5 Å². The molecule has 0 saturated heterocycles. The molecule has 1 amide bonds. The van der Waals surface area contributed by atoms with Crippen molar-refractivity contribution in [2.45, 2.75) is 10.3 Å². The van der Waals surface area contributed by atoms with E-state index in [4.69, 9.17) is 0 Å². The van der Waals surface area contributed by atoms with Crippen molar-refractivity contribution in [3.63, 3.8) is 0 Å². The number of para-hydroxylation sites is 2. The van der Waals surface area contributed by atoms with Crippen molar-refractivity contribution in [2.75, 3.05) is 4.90 Å². The second-order valence-corrected chi connectivity index (χ2v) is 8.07. The maximum absolute atomic E-state index is 13.8. The molecular formula is C24H18N2O2S. The first kappa shape index (κ1) is 17.8. The van der Waals surface area contributed by atoms with Crippen molar-refractivity contribution < 1.29 is 4.79 Å². The molecule has 0 spiro atoms. The van der Waals surface area contributed by atoms with Gasteiger partial charge < -0.3 is 4.57 Å². The van der Waals surface area contributed by atoms with E-state index in [0.717, 1.165) is 22.2 Å². The molecule has 2 heterocycles. The van der Waals surface area contributed by atoms with E-state index in [0.29, 0.717) is 10.5 Å². The van der Waals surface area contributed by atoms with E-state index in [-0.39, 0.29) is 16.8 Å². The van der Waals surface area contributed by atoms with Crippen LogP contribution in [0.25, 0.3) is 10.9 Å². The van der Waals surface area contributed by atoms with E-state index >= 15 is 0 Å². The maximum Gasteiger partial charge on any atom is 0.265 e. The SMILES string of the molecule is Cn1c(=O)c2c(c3ccccc31)C(=O)N(c1ccccc1)C(c1ccccc1)S2. The van der Waals surface area contributed by atoms with Crippen molar-refractivity contribution in [1.82, 2.24) is 4.57 Å². The van der Waals surface area contributed by atoms with Gasteiger partial charge in [-0.15, -0.1) is 0 Å². The van der Waals surface area contributed by atoms with Gasteiger partial charge in [0.25, 0.3) is 11.5 Å². The summed E-state index contributed by atoms with van der Waals surface area (Å²) in [5.41, 5.74) is 2.91. The van der Waals surface area contributed by atoms with Gasteiger partial charge >= 0.3 is 0 Å². The summed E-state index contributed by atoms with van der Waals surface area (Å²) in [5.74, 6) is -0.146. The summed E-state index contributed by atoms with van der Waals surface area (Å²) in [4.78, 5) is 29.3. The Kier molecular flexibility index (Phi) is 4.25. The Morgan fingerprint density at radius 2 is 1.41 bits per heavy atom. The molecule has 29 heavy (non-hydrogen) atoms. The maximum atomic E-state index is 13.8. The lowest BCUT2D eigenvalue weighted by atomic mass is 10.1. The Morgan fingerprint density at radius 1 is 0.793 bits per heavy atom. The number of anilines is 1. The minimum absolute atomic E-state index is 0.134. The highest BCUT2D eigenvalue weighted by atomic mass is 32.2. The summed E-state index contributed by atoms with van der Waals surface area (Å²) in [6, 6.07) is 27.1. The van der Waals surface area contributed by atoms with Gasteiger partial charge in [-0.2, -0.15) is 0 Å². The highest BCUT2D eigenvalue weighted by molar-refractivity contribution is 7.99. The average molecular weight is 398 g/mol. The molecule has 5 heteroatoms. The van der Waals surface area contributed by atoms with Crippen molar-refractivity contribution >= 4 is 34.3 Å². The van der Waals surface area contributed by atoms with Crippen molar-refractivity contribution in [2.24, 2.45) is 7.05 Å². The molecule has 1 aliphatic rings. The van der Waals surface area contributed by atoms with Gasteiger partial charge in [-0.05, 0) is 23.8 Å². The lowest BCUT2D eigenvalue weighted by Gasteiger charge is -2.36. The number of amides is 1. The van der Waals surface area contributed by atoms with Crippen LogP contribution in [-0.2, 0) is 7.05 Å². The highest BCUT2D eigenvalue weighted by Crippen LogP contribution is 2.46. The third-order valence-corrected chi connectivity index (χ3v) is 6.60. The summed E-state index contributed by atoms with van der Waals surface area (Å²) in [6.45, 7) is 0. The molecular weight excluding hydrogens is 380 g/mol. The summed E-state index contributed by atoms with van der Waals surface area (Å²) in [7, 11) is 1.76. The first-order valence-electron chi connectivity index (χ1n) is 9.39. The Bertz CT molecular complexity index is 1280. The second-order valence-electron chi connectivity index (χ2n) is 6.98. The monoisotopic (exact) mass is 398 g/mol. The highest BCUT2D eigenvalue weighted by Gasteiger charge is 2.38. The van der Waals surface area contributed by atoms with Crippen LogP contribution >= 0.6 is 11.8 Å².